The van der Waals surface area contributed by atoms with E-state index in [1.807, 2.05) is 4.90 Å². The van der Waals surface area contributed by atoms with Crippen LogP contribution in [0, 0.1) is 0 Å². The van der Waals surface area contributed by atoms with E-state index in [1.54, 1.807) is 18.4 Å². The first-order chi connectivity index (χ1) is 7.24. The van der Waals surface area contributed by atoms with Crippen molar-refractivity contribution in [1.82, 2.24) is 15.2 Å². The lowest BCUT2D eigenvalue weighted by Crippen LogP contribution is -2.40. The van der Waals surface area contributed by atoms with E-state index >= 15 is 0 Å². The molecule has 0 saturated carbocycles. The van der Waals surface area contributed by atoms with E-state index in [-0.39, 0.29) is 6.03 Å². The van der Waals surface area contributed by atoms with Crippen molar-refractivity contribution in [2.24, 2.45) is 0 Å². The maximum atomic E-state index is 11.5. The summed E-state index contributed by atoms with van der Waals surface area (Å²) < 4.78 is 0. The molecule has 1 aliphatic heterocycles. The maximum Gasteiger partial charge on any atom is 0.317 e. The Hall–Kier alpha value is -1.10. The SMILES string of the molecule is CCc1nc2c(s1)CN(C(=O)NC)CC2. The first-order valence-corrected chi connectivity index (χ1v) is 6.00. The molecule has 5 heteroatoms. The second-order valence-corrected chi connectivity index (χ2v) is 4.73. The number of fused-ring (bicyclic) bond motifs is 1. The van der Waals surface area contributed by atoms with E-state index in [9.17, 15) is 4.79 Å². The molecule has 0 fully saturated rings. The molecule has 0 spiro atoms. The van der Waals surface area contributed by atoms with Gasteiger partial charge in [0.05, 0.1) is 17.2 Å². The first kappa shape index (κ1) is 10.4. The molecule has 1 aromatic rings. The Balaban J connectivity index is 2.15. The fraction of sp³-hybridized carbons (Fsp3) is 0.600. The van der Waals surface area contributed by atoms with Crippen molar-refractivity contribution in [2.45, 2.75) is 26.3 Å². The highest BCUT2D eigenvalue weighted by Crippen LogP contribution is 2.25. The summed E-state index contributed by atoms with van der Waals surface area (Å²) in [5.41, 5.74) is 1.19. The Kier molecular flexibility index (Phi) is 2.90. The number of carbonyl (C=O) groups is 1. The van der Waals surface area contributed by atoms with Gasteiger partial charge < -0.3 is 10.2 Å². The predicted molar refractivity (Wildman–Crippen MR) is 60.1 cm³/mol. The van der Waals surface area contributed by atoms with Crippen LogP contribution in [0.25, 0.3) is 0 Å². The lowest BCUT2D eigenvalue weighted by atomic mass is 10.2. The molecule has 1 N–H and O–H groups in total. The number of hydrogen-bond acceptors (Lipinski definition) is 3. The summed E-state index contributed by atoms with van der Waals surface area (Å²) in [4.78, 5) is 19.1. The van der Waals surface area contributed by atoms with Crippen molar-refractivity contribution in [3.05, 3.63) is 15.6 Å². The lowest BCUT2D eigenvalue weighted by Gasteiger charge is -2.25. The van der Waals surface area contributed by atoms with Crippen LogP contribution in [0.15, 0.2) is 0 Å². The van der Waals surface area contributed by atoms with Crippen LogP contribution in [0.4, 0.5) is 4.79 Å². The van der Waals surface area contributed by atoms with E-state index in [4.69, 9.17) is 0 Å². The molecule has 0 aliphatic carbocycles. The zero-order chi connectivity index (χ0) is 10.8. The number of carbonyl (C=O) groups excluding carboxylic acids is 1. The number of rotatable bonds is 1. The Bertz CT molecular complexity index is 375. The Morgan fingerprint density at radius 1 is 1.67 bits per heavy atom. The second-order valence-electron chi connectivity index (χ2n) is 3.56. The van der Waals surface area contributed by atoms with Crippen molar-refractivity contribution in [1.29, 1.82) is 0 Å². The third kappa shape index (κ3) is 1.97. The highest BCUT2D eigenvalue weighted by molar-refractivity contribution is 7.11. The summed E-state index contributed by atoms with van der Waals surface area (Å²) in [6, 6.07) is 0.00657. The van der Waals surface area contributed by atoms with E-state index in [1.165, 1.54) is 15.6 Å². The molecule has 0 atom stereocenters. The minimum atomic E-state index is 0.00657. The Morgan fingerprint density at radius 2 is 2.47 bits per heavy atom. The van der Waals surface area contributed by atoms with Gasteiger partial charge in [-0.25, -0.2) is 9.78 Å². The monoisotopic (exact) mass is 225 g/mol. The molecule has 0 aromatic carbocycles. The molecule has 82 valence electrons. The van der Waals surface area contributed by atoms with Gasteiger partial charge in [-0.2, -0.15) is 0 Å². The molecule has 2 rings (SSSR count). The molecule has 15 heavy (non-hydrogen) atoms. The third-order valence-electron chi connectivity index (χ3n) is 2.58. The number of thiazole rings is 1. The molecular weight excluding hydrogens is 210 g/mol. The molecule has 0 unspecified atom stereocenters. The van der Waals surface area contributed by atoms with Crippen LogP contribution < -0.4 is 5.32 Å². The highest BCUT2D eigenvalue weighted by Gasteiger charge is 2.22. The summed E-state index contributed by atoms with van der Waals surface area (Å²) in [6.07, 6.45) is 1.87. The summed E-state index contributed by atoms with van der Waals surface area (Å²) in [5, 5.41) is 3.84. The average molecular weight is 225 g/mol. The van der Waals surface area contributed by atoms with Crippen molar-refractivity contribution in [3.63, 3.8) is 0 Å². The van der Waals surface area contributed by atoms with Gasteiger partial charge in [0, 0.05) is 24.9 Å². The third-order valence-corrected chi connectivity index (χ3v) is 3.81. The highest BCUT2D eigenvalue weighted by atomic mass is 32.1. The molecule has 0 bridgehead atoms. The van der Waals surface area contributed by atoms with Crippen molar-refractivity contribution in [2.75, 3.05) is 13.6 Å². The topological polar surface area (TPSA) is 45.2 Å². The minimum absolute atomic E-state index is 0.00657. The molecular formula is C10H15N3OS. The van der Waals surface area contributed by atoms with Crippen molar-refractivity contribution in [3.8, 4) is 0 Å². The van der Waals surface area contributed by atoms with Gasteiger partial charge in [0.25, 0.3) is 0 Å². The van der Waals surface area contributed by atoms with Gasteiger partial charge in [0.2, 0.25) is 0 Å². The van der Waals surface area contributed by atoms with E-state index in [0.29, 0.717) is 6.54 Å². The second kappa shape index (κ2) is 4.18. The van der Waals surface area contributed by atoms with Gasteiger partial charge in [-0.3, -0.25) is 0 Å². The zero-order valence-electron chi connectivity index (χ0n) is 9.04. The Labute approximate surface area is 93.3 Å². The predicted octanol–water partition coefficient (Wildman–Crippen LogP) is 1.40. The maximum absolute atomic E-state index is 11.5. The van der Waals surface area contributed by atoms with Gasteiger partial charge in [0.1, 0.15) is 0 Å². The number of nitrogens with zero attached hydrogens (tertiary/aromatic N) is 2. The van der Waals surface area contributed by atoms with Crippen LogP contribution in [0.5, 0.6) is 0 Å². The lowest BCUT2D eigenvalue weighted by molar-refractivity contribution is 0.195. The molecule has 1 aromatic heterocycles. The fourth-order valence-electron chi connectivity index (χ4n) is 1.73. The number of aryl methyl sites for hydroxylation is 1. The van der Waals surface area contributed by atoms with Crippen LogP contribution in [0.1, 0.15) is 22.5 Å². The fourth-order valence-corrected chi connectivity index (χ4v) is 2.80. The zero-order valence-corrected chi connectivity index (χ0v) is 9.86. The van der Waals surface area contributed by atoms with Gasteiger partial charge in [0.15, 0.2) is 0 Å². The molecule has 0 saturated heterocycles. The van der Waals surface area contributed by atoms with Gasteiger partial charge in [-0.1, -0.05) is 6.92 Å². The van der Waals surface area contributed by atoms with Crippen LogP contribution in [0.3, 0.4) is 0 Å². The number of amides is 2. The van der Waals surface area contributed by atoms with Gasteiger partial charge >= 0.3 is 6.03 Å². The normalized spacial score (nSPS) is 14.9. The summed E-state index contributed by atoms with van der Waals surface area (Å²) in [6.45, 7) is 3.60. The first-order valence-electron chi connectivity index (χ1n) is 5.18. The molecule has 4 nitrogen and oxygen atoms in total. The van der Waals surface area contributed by atoms with E-state index in [0.717, 1.165) is 19.4 Å². The quantitative estimate of drug-likeness (QED) is 0.785. The standard InChI is InChI=1S/C10H15N3OS/c1-3-9-12-7-4-5-13(10(14)11-2)6-8(7)15-9/h3-6H2,1-2H3,(H,11,14). The van der Waals surface area contributed by atoms with Crippen molar-refractivity contribution >= 4 is 17.4 Å². The van der Waals surface area contributed by atoms with Crippen LogP contribution in [-0.2, 0) is 19.4 Å². The smallest absolute Gasteiger partial charge is 0.317 e. The van der Waals surface area contributed by atoms with Gasteiger partial charge in [-0.15, -0.1) is 11.3 Å². The molecule has 0 radical (unpaired) electrons. The average Bonchev–Trinajstić information content (AvgIpc) is 2.69. The molecule has 2 amide bonds. The Morgan fingerprint density at radius 3 is 3.13 bits per heavy atom. The van der Waals surface area contributed by atoms with Crippen LogP contribution >= 0.6 is 11.3 Å². The largest absolute Gasteiger partial charge is 0.341 e. The van der Waals surface area contributed by atoms with Crippen LogP contribution in [0.2, 0.25) is 0 Å². The molecule has 2 heterocycles. The summed E-state index contributed by atoms with van der Waals surface area (Å²) in [5.74, 6) is 0. The van der Waals surface area contributed by atoms with E-state index < -0.39 is 0 Å². The van der Waals surface area contributed by atoms with Crippen LogP contribution in [-0.4, -0.2) is 29.5 Å². The van der Waals surface area contributed by atoms with Gasteiger partial charge in [-0.05, 0) is 6.42 Å². The molecule has 1 aliphatic rings. The number of hydrogen-bond donors (Lipinski definition) is 1. The number of urea groups is 1. The number of nitrogens with one attached hydrogen (secondary N) is 1. The summed E-state index contributed by atoms with van der Waals surface area (Å²) in [7, 11) is 1.67. The van der Waals surface area contributed by atoms with Crippen molar-refractivity contribution < 1.29 is 4.79 Å². The summed E-state index contributed by atoms with van der Waals surface area (Å²) >= 11 is 1.73. The van der Waals surface area contributed by atoms with E-state index in [2.05, 4.69) is 17.2 Å². The number of aromatic nitrogens is 1. The minimum Gasteiger partial charge on any atom is -0.341 e.